The molecule has 1 heterocycles. The van der Waals surface area contributed by atoms with Crippen LogP contribution in [0.4, 0.5) is 0 Å². The van der Waals surface area contributed by atoms with Crippen LogP contribution >= 0.6 is 11.6 Å². The standard InChI is InChI=1S/C12H15ClO5/c1-12(15)11(14)17-7-10(18-12)6-16-9-4-2-8(13)3-5-9/h2-5,10-11,14-15H,6-7H2,1H3/t10-,11-,12-/m0/s1. The van der Waals surface area contributed by atoms with Gasteiger partial charge in [-0.15, -0.1) is 0 Å². The summed E-state index contributed by atoms with van der Waals surface area (Å²) in [5.41, 5.74) is 0. The Hall–Kier alpha value is -0.850. The van der Waals surface area contributed by atoms with Gasteiger partial charge in [0.1, 0.15) is 18.5 Å². The first-order chi connectivity index (χ1) is 8.47. The largest absolute Gasteiger partial charge is 0.491 e. The van der Waals surface area contributed by atoms with Crippen LogP contribution in [0.25, 0.3) is 0 Å². The number of ether oxygens (including phenoxy) is 3. The summed E-state index contributed by atoms with van der Waals surface area (Å²) >= 11 is 5.75. The zero-order chi connectivity index (χ0) is 13.2. The third-order valence-corrected chi connectivity index (χ3v) is 2.80. The van der Waals surface area contributed by atoms with E-state index in [-0.39, 0.29) is 13.2 Å². The number of aliphatic hydroxyl groups is 2. The highest BCUT2D eigenvalue weighted by Crippen LogP contribution is 2.22. The van der Waals surface area contributed by atoms with Gasteiger partial charge >= 0.3 is 0 Å². The van der Waals surface area contributed by atoms with Crippen molar-refractivity contribution in [3.8, 4) is 5.75 Å². The lowest BCUT2D eigenvalue weighted by atomic mass is 10.2. The van der Waals surface area contributed by atoms with E-state index in [4.69, 9.17) is 25.8 Å². The molecule has 100 valence electrons. The van der Waals surface area contributed by atoms with Crippen molar-refractivity contribution in [2.75, 3.05) is 13.2 Å². The Morgan fingerprint density at radius 1 is 1.44 bits per heavy atom. The molecular weight excluding hydrogens is 260 g/mol. The molecule has 2 N–H and O–H groups in total. The topological polar surface area (TPSA) is 68.2 Å². The summed E-state index contributed by atoms with van der Waals surface area (Å²) in [5.74, 6) is -1.07. The van der Waals surface area contributed by atoms with E-state index in [1.807, 2.05) is 0 Å². The van der Waals surface area contributed by atoms with Crippen LogP contribution in [0.2, 0.25) is 5.02 Å². The van der Waals surface area contributed by atoms with Gasteiger partial charge in [-0.1, -0.05) is 11.6 Å². The number of hydrogen-bond acceptors (Lipinski definition) is 5. The zero-order valence-corrected chi connectivity index (χ0v) is 10.6. The summed E-state index contributed by atoms with van der Waals surface area (Å²) in [6.45, 7) is 1.71. The third kappa shape index (κ3) is 3.34. The molecule has 0 unspecified atom stereocenters. The monoisotopic (exact) mass is 274 g/mol. The number of hydrogen-bond donors (Lipinski definition) is 2. The molecule has 0 bridgehead atoms. The van der Waals surface area contributed by atoms with Gasteiger partial charge < -0.3 is 24.4 Å². The van der Waals surface area contributed by atoms with Crippen molar-refractivity contribution < 1.29 is 24.4 Å². The number of aliphatic hydroxyl groups excluding tert-OH is 1. The number of halogens is 1. The molecule has 5 nitrogen and oxygen atoms in total. The Morgan fingerprint density at radius 2 is 2.11 bits per heavy atom. The first-order valence-corrected chi connectivity index (χ1v) is 5.93. The molecule has 0 spiro atoms. The minimum atomic E-state index is -1.72. The lowest BCUT2D eigenvalue weighted by Crippen LogP contribution is -2.53. The van der Waals surface area contributed by atoms with E-state index in [2.05, 4.69) is 0 Å². The molecule has 0 aromatic heterocycles. The Bertz CT molecular complexity index is 392. The average Bonchev–Trinajstić information content (AvgIpc) is 2.32. The fraction of sp³-hybridized carbons (Fsp3) is 0.500. The van der Waals surface area contributed by atoms with Crippen molar-refractivity contribution in [3.63, 3.8) is 0 Å². The van der Waals surface area contributed by atoms with Crippen LogP contribution in [-0.4, -0.2) is 41.6 Å². The summed E-state index contributed by atoms with van der Waals surface area (Å²) in [6, 6.07) is 6.90. The van der Waals surface area contributed by atoms with E-state index < -0.39 is 18.2 Å². The predicted molar refractivity (Wildman–Crippen MR) is 64.4 cm³/mol. The Kier molecular flexibility index (Phi) is 4.09. The van der Waals surface area contributed by atoms with Crippen LogP contribution in [0.1, 0.15) is 6.92 Å². The van der Waals surface area contributed by atoms with E-state index in [9.17, 15) is 10.2 Å². The molecule has 0 radical (unpaired) electrons. The van der Waals surface area contributed by atoms with Gasteiger partial charge in [-0.05, 0) is 31.2 Å². The highest BCUT2D eigenvalue weighted by Gasteiger charge is 2.40. The van der Waals surface area contributed by atoms with E-state index in [0.29, 0.717) is 10.8 Å². The number of benzene rings is 1. The van der Waals surface area contributed by atoms with E-state index in [1.54, 1.807) is 24.3 Å². The van der Waals surface area contributed by atoms with Crippen LogP contribution in [0.3, 0.4) is 0 Å². The van der Waals surface area contributed by atoms with Crippen molar-refractivity contribution >= 4 is 11.6 Å². The minimum Gasteiger partial charge on any atom is -0.491 e. The molecule has 18 heavy (non-hydrogen) atoms. The summed E-state index contributed by atoms with van der Waals surface area (Å²) < 4.78 is 15.7. The maximum Gasteiger partial charge on any atom is 0.215 e. The Labute approximate surface area is 110 Å². The molecule has 0 amide bonds. The molecule has 1 aliphatic rings. The molecule has 1 fully saturated rings. The highest BCUT2D eigenvalue weighted by atomic mass is 35.5. The lowest BCUT2D eigenvalue weighted by Gasteiger charge is -2.37. The zero-order valence-electron chi connectivity index (χ0n) is 9.88. The molecule has 1 aromatic rings. The summed E-state index contributed by atoms with van der Waals surface area (Å²) in [7, 11) is 0. The Balaban J connectivity index is 1.86. The number of rotatable bonds is 3. The third-order valence-electron chi connectivity index (χ3n) is 2.55. The quantitative estimate of drug-likeness (QED) is 0.866. The second kappa shape index (κ2) is 5.42. The molecule has 3 atom stereocenters. The van der Waals surface area contributed by atoms with E-state index in [1.165, 1.54) is 6.92 Å². The SMILES string of the molecule is C[C@]1(O)O[C@@H](COc2ccc(Cl)cc2)CO[C@@H]1O. The van der Waals surface area contributed by atoms with Crippen molar-refractivity contribution in [2.24, 2.45) is 0 Å². The molecule has 2 rings (SSSR count). The van der Waals surface area contributed by atoms with Crippen molar-refractivity contribution in [1.29, 1.82) is 0 Å². The van der Waals surface area contributed by atoms with Crippen LogP contribution in [-0.2, 0) is 9.47 Å². The van der Waals surface area contributed by atoms with Crippen molar-refractivity contribution in [1.82, 2.24) is 0 Å². The maximum atomic E-state index is 9.68. The minimum absolute atomic E-state index is 0.158. The van der Waals surface area contributed by atoms with Gasteiger partial charge in [0.05, 0.1) is 6.61 Å². The Morgan fingerprint density at radius 3 is 2.72 bits per heavy atom. The molecule has 1 aromatic carbocycles. The van der Waals surface area contributed by atoms with Gasteiger partial charge in [0, 0.05) is 5.02 Å². The molecule has 1 aliphatic heterocycles. The summed E-state index contributed by atoms with van der Waals surface area (Å²) in [4.78, 5) is 0. The van der Waals surface area contributed by atoms with Crippen LogP contribution in [0.5, 0.6) is 5.75 Å². The molecular formula is C12H15ClO5. The lowest BCUT2D eigenvalue weighted by molar-refractivity contribution is -0.372. The second-order valence-corrected chi connectivity index (χ2v) is 4.68. The molecule has 1 saturated heterocycles. The maximum absolute atomic E-state index is 9.68. The second-order valence-electron chi connectivity index (χ2n) is 4.25. The molecule has 0 aliphatic carbocycles. The normalized spacial score (nSPS) is 32.2. The fourth-order valence-corrected chi connectivity index (χ4v) is 1.71. The molecule has 6 heteroatoms. The van der Waals surface area contributed by atoms with Gasteiger partial charge in [0.15, 0.2) is 0 Å². The predicted octanol–water partition coefficient (Wildman–Crippen LogP) is 1.16. The van der Waals surface area contributed by atoms with Crippen LogP contribution in [0.15, 0.2) is 24.3 Å². The first kappa shape index (κ1) is 13.6. The fourth-order valence-electron chi connectivity index (χ4n) is 1.58. The van der Waals surface area contributed by atoms with E-state index in [0.717, 1.165) is 0 Å². The van der Waals surface area contributed by atoms with E-state index >= 15 is 0 Å². The van der Waals surface area contributed by atoms with Crippen LogP contribution in [0, 0.1) is 0 Å². The van der Waals surface area contributed by atoms with Gasteiger partial charge in [-0.2, -0.15) is 0 Å². The van der Waals surface area contributed by atoms with Crippen molar-refractivity contribution in [2.45, 2.75) is 25.1 Å². The highest BCUT2D eigenvalue weighted by molar-refractivity contribution is 6.30. The average molecular weight is 275 g/mol. The van der Waals surface area contributed by atoms with Crippen LogP contribution < -0.4 is 4.74 Å². The molecule has 0 saturated carbocycles. The summed E-state index contributed by atoms with van der Waals surface area (Å²) in [6.07, 6.45) is -1.79. The first-order valence-electron chi connectivity index (χ1n) is 5.55. The summed E-state index contributed by atoms with van der Waals surface area (Å²) in [5, 5.41) is 19.6. The van der Waals surface area contributed by atoms with Gasteiger partial charge in [-0.3, -0.25) is 0 Å². The van der Waals surface area contributed by atoms with Gasteiger partial charge in [0.25, 0.3) is 0 Å². The van der Waals surface area contributed by atoms with Crippen molar-refractivity contribution in [3.05, 3.63) is 29.3 Å². The van der Waals surface area contributed by atoms with Gasteiger partial charge in [0.2, 0.25) is 12.1 Å². The van der Waals surface area contributed by atoms with Gasteiger partial charge in [-0.25, -0.2) is 0 Å². The smallest absolute Gasteiger partial charge is 0.215 e.